The van der Waals surface area contributed by atoms with Crippen LogP contribution < -0.4 is 11.1 Å². The van der Waals surface area contributed by atoms with Crippen LogP contribution in [-0.2, 0) is 16.1 Å². The molecule has 0 aliphatic heterocycles. The van der Waals surface area contributed by atoms with Crippen molar-refractivity contribution in [1.29, 1.82) is 0 Å². The Hall–Kier alpha value is -1.72. The lowest BCUT2D eigenvalue weighted by Crippen LogP contribution is -2.36. The van der Waals surface area contributed by atoms with Crippen molar-refractivity contribution >= 4 is 12.7 Å². The zero-order chi connectivity index (χ0) is 25.8. The molecule has 0 aromatic heterocycles. The first-order chi connectivity index (χ1) is 16.5. The molecule has 3 rings (SSSR count). The summed E-state index contributed by atoms with van der Waals surface area (Å²) in [6.45, 7) is 14.5. The van der Waals surface area contributed by atoms with Crippen LogP contribution in [0.25, 0.3) is 0 Å². The Morgan fingerprint density at radius 3 is 2.12 bits per heavy atom. The summed E-state index contributed by atoms with van der Waals surface area (Å²) in [5.74, 6) is 2.77. The minimum Gasteiger partial charge on any atom is -0.357 e. The molecule has 3 N–H and O–H groups in total. The molecule has 2 atom stereocenters. The van der Waals surface area contributed by atoms with Crippen molar-refractivity contribution in [2.75, 3.05) is 26.7 Å². The average molecular weight is 476 g/mol. The van der Waals surface area contributed by atoms with E-state index in [1.165, 1.54) is 44.7 Å². The van der Waals surface area contributed by atoms with Crippen LogP contribution in [0.4, 0.5) is 0 Å². The fourth-order valence-corrected chi connectivity index (χ4v) is 5.79. The third-order valence-corrected chi connectivity index (χ3v) is 6.72. The third kappa shape index (κ3) is 13.2. The molecular formula is C29H53N3O2. The molecule has 2 aliphatic carbocycles. The van der Waals surface area contributed by atoms with Gasteiger partial charge in [-0.25, -0.2) is 0 Å². The minimum absolute atomic E-state index is 0.343. The maximum Gasteiger partial charge on any atom is 0.207 e. The molecule has 2 aliphatic rings. The molecule has 34 heavy (non-hydrogen) atoms. The topological polar surface area (TPSA) is 75.4 Å². The fraction of sp³-hybridized carbons (Fsp3) is 0.724. The number of benzene rings is 1. The van der Waals surface area contributed by atoms with Crippen molar-refractivity contribution in [2.24, 2.45) is 28.9 Å². The molecule has 196 valence electrons. The molecule has 1 aromatic rings. The Bertz CT molecular complexity index is 605. The average Bonchev–Trinajstić information content (AvgIpc) is 2.82. The normalized spacial score (nSPS) is 24.8. The van der Waals surface area contributed by atoms with Gasteiger partial charge in [-0.05, 0) is 80.8 Å². The van der Waals surface area contributed by atoms with E-state index in [0.29, 0.717) is 5.41 Å². The van der Waals surface area contributed by atoms with Crippen molar-refractivity contribution < 1.29 is 9.59 Å². The van der Waals surface area contributed by atoms with Gasteiger partial charge >= 0.3 is 0 Å². The van der Waals surface area contributed by atoms with Crippen LogP contribution in [0.5, 0.6) is 0 Å². The van der Waals surface area contributed by atoms with Crippen LogP contribution in [0.1, 0.15) is 85.1 Å². The number of fused-ring (bicyclic) bond motifs is 2. The SMILES string of the molecule is CC.CC1CC2CC(C1)CC(C)(CC=O)C2.CCCN(CCNC=O)Cc1ccccc1.CN. The van der Waals surface area contributed by atoms with Gasteiger partial charge in [0.15, 0.2) is 0 Å². The highest BCUT2D eigenvalue weighted by Crippen LogP contribution is 2.51. The summed E-state index contributed by atoms with van der Waals surface area (Å²) in [7, 11) is 1.50. The Morgan fingerprint density at radius 1 is 1.03 bits per heavy atom. The smallest absolute Gasteiger partial charge is 0.207 e. The molecule has 0 heterocycles. The van der Waals surface area contributed by atoms with Gasteiger partial charge in [0.25, 0.3) is 0 Å². The summed E-state index contributed by atoms with van der Waals surface area (Å²) in [6, 6.07) is 10.4. The van der Waals surface area contributed by atoms with Crippen LogP contribution in [0.15, 0.2) is 30.3 Å². The highest BCUT2D eigenvalue weighted by Gasteiger charge is 2.40. The van der Waals surface area contributed by atoms with Crippen molar-refractivity contribution in [3.8, 4) is 0 Å². The number of carbonyl (C=O) groups excluding carboxylic acids is 2. The van der Waals surface area contributed by atoms with Crippen molar-refractivity contribution in [3.63, 3.8) is 0 Å². The van der Waals surface area contributed by atoms with Crippen LogP contribution in [0.3, 0.4) is 0 Å². The van der Waals surface area contributed by atoms with Gasteiger partial charge in [0, 0.05) is 26.1 Å². The van der Waals surface area contributed by atoms with E-state index in [1.54, 1.807) is 0 Å². The largest absolute Gasteiger partial charge is 0.357 e. The van der Waals surface area contributed by atoms with Gasteiger partial charge in [0.05, 0.1) is 0 Å². The number of nitrogens with zero attached hydrogens (tertiary/aromatic N) is 1. The number of amides is 1. The summed E-state index contributed by atoms with van der Waals surface area (Å²) in [6.07, 6.45) is 10.7. The molecule has 0 spiro atoms. The van der Waals surface area contributed by atoms with Gasteiger partial charge in [-0.1, -0.05) is 65.0 Å². The Balaban J connectivity index is 0.000000561. The third-order valence-electron chi connectivity index (χ3n) is 6.72. The van der Waals surface area contributed by atoms with E-state index in [4.69, 9.17) is 0 Å². The predicted molar refractivity (Wildman–Crippen MR) is 146 cm³/mol. The molecule has 1 amide bonds. The lowest BCUT2D eigenvalue weighted by atomic mass is 9.59. The highest BCUT2D eigenvalue weighted by atomic mass is 16.1. The summed E-state index contributed by atoms with van der Waals surface area (Å²) in [5, 5.41) is 2.70. The van der Waals surface area contributed by atoms with E-state index in [1.807, 2.05) is 19.9 Å². The lowest BCUT2D eigenvalue weighted by Gasteiger charge is -2.46. The van der Waals surface area contributed by atoms with Crippen LogP contribution in [0.2, 0.25) is 0 Å². The van der Waals surface area contributed by atoms with Gasteiger partial charge in [-0.3, -0.25) is 9.69 Å². The van der Waals surface area contributed by atoms with E-state index in [0.717, 1.165) is 69.5 Å². The van der Waals surface area contributed by atoms with Gasteiger partial charge in [0.2, 0.25) is 6.41 Å². The van der Waals surface area contributed by atoms with Crippen molar-refractivity contribution in [2.45, 2.75) is 86.1 Å². The second kappa shape index (κ2) is 19.6. The van der Waals surface area contributed by atoms with Crippen LogP contribution >= 0.6 is 0 Å². The maximum atomic E-state index is 10.7. The molecule has 0 radical (unpaired) electrons. The lowest BCUT2D eigenvalue weighted by molar-refractivity contribution is -0.111. The second-order valence-corrected chi connectivity index (χ2v) is 9.97. The summed E-state index contributed by atoms with van der Waals surface area (Å²) < 4.78 is 0. The monoisotopic (exact) mass is 475 g/mol. The molecule has 2 bridgehead atoms. The first-order valence-corrected chi connectivity index (χ1v) is 13.4. The van der Waals surface area contributed by atoms with E-state index in [2.05, 4.69) is 61.0 Å². The zero-order valence-corrected chi connectivity index (χ0v) is 22.9. The summed E-state index contributed by atoms with van der Waals surface area (Å²) >= 11 is 0. The number of hydrogen-bond donors (Lipinski definition) is 2. The molecule has 2 fully saturated rings. The van der Waals surface area contributed by atoms with Gasteiger partial charge in [-0.15, -0.1) is 0 Å². The van der Waals surface area contributed by atoms with Gasteiger partial charge in [0.1, 0.15) is 6.29 Å². The molecule has 5 heteroatoms. The first kappa shape index (κ1) is 32.3. The molecule has 0 saturated heterocycles. The Kier molecular flexibility index (Phi) is 18.6. The number of nitrogens with two attached hydrogens (primary N) is 1. The number of rotatable bonds is 10. The number of hydrogen-bond acceptors (Lipinski definition) is 4. The molecule has 2 unspecified atom stereocenters. The van der Waals surface area contributed by atoms with E-state index < -0.39 is 0 Å². The van der Waals surface area contributed by atoms with Crippen molar-refractivity contribution in [1.82, 2.24) is 10.2 Å². The summed E-state index contributed by atoms with van der Waals surface area (Å²) in [5.41, 5.74) is 6.16. The van der Waals surface area contributed by atoms with Gasteiger partial charge in [-0.2, -0.15) is 0 Å². The van der Waals surface area contributed by atoms with Gasteiger partial charge < -0.3 is 15.8 Å². The molecular weight excluding hydrogens is 422 g/mol. The van der Waals surface area contributed by atoms with E-state index >= 15 is 0 Å². The second-order valence-electron chi connectivity index (χ2n) is 9.97. The van der Waals surface area contributed by atoms with Crippen LogP contribution in [0, 0.1) is 23.2 Å². The van der Waals surface area contributed by atoms with Crippen LogP contribution in [-0.4, -0.2) is 44.3 Å². The summed E-state index contributed by atoms with van der Waals surface area (Å²) in [4.78, 5) is 23.2. The van der Waals surface area contributed by atoms with E-state index in [9.17, 15) is 9.59 Å². The fourth-order valence-electron chi connectivity index (χ4n) is 5.79. The number of aldehydes is 1. The quantitative estimate of drug-likeness (QED) is 0.337. The number of carbonyl (C=O) groups is 2. The van der Waals surface area contributed by atoms with E-state index in [-0.39, 0.29) is 0 Å². The molecule has 5 nitrogen and oxygen atoms in total. The Morgan fingerprint density at radius 2 is 1.62 bits per heavy atom. The standard InChI is InChI=1S/C13H20N2O.C13H22O.C2H6.CH5N/c1-2-9-15(10-8-14-12-16)11-13-6-4-3-5-7-13;1-10-5-11-7-12(6-10)9-13(2,8-11)3-4-14;2*1-2/h3-7,12H,2,8-11H2,1H3,(H,14,16);4,10-12H,3,5-9H2,1-2H3;1-2H3;2H2,1H3. The predicted octanol–water partition coefficient (Wildman–Crippen LogP) is 5.67. The zero-order valence-electron chi connectivity index (χ0n) is 22.9. The van der Waals surface area contributed by atoms with Crippen molar-refractivity contribution in [3.05, 3.63) is 35.9 Å². The molecule has 2 saturated carbocycles. The first-order valence-electron chi connectivity index (χ1n) is 13.4. The molecule has 1 aromatic carbocycles. The Labute approximate surface area is 210 Å². The highest BCUT2D eigenvalue weighted by molar-refractivity contribution is 5.50. The maximum absolute atomic E-state index is 10.7. The number of nitrogens with one attached hydrogen (secondary N) is 1. The minimum atomic E-state index is 0.343.